The summed E-state index contributed by atoms with van der Waals surface area (Å²) < 4.78 is 28.3. The number of nitrogens with one attached hydrogen (secondary N) is 2. The molecule has 0 heterocycles. The summed E-state index contributed by atoms with van der Waals surface area (Å²) in [7, 11) is -3.49. The number of hydrogen-bond acceptors (Lipinski definition) is 6. The lowest BCUT2D eigenvalue weighted by Gasteiger charge is -2.21. The fraction of sp³-hybridized carbons (Fsp3) is 0.471. The first-order chi connectivity index (χ1) is 11.7. The molecule has 8 nitrogen and oxygen atoms in total. The van der Waals surface area contributed by atoms with Crippen LogP contribution in [0, 0.1) is 6.92 Å². The van der Waals surface area contributed by atoms with E-state index < -0.39 is 39.4 Å². The molecular weight excluding hydrogens is 360 g/mol. The summed E-state index contributed by atoms with van der Waals surface area (Å²) in [5.74, 6) is -1.65. The first-order valence-corrected chi connectivity index (χ1v) is 9.74. The van der Waals surface area contributed by atoms with E-state index in [4.69, 9.17) is 4.74 Å². The Kier molecular flexibility index (Phi) is 6.54. The van der Waals surface area contributed by atoms with Crippen LogP contribution in [0.1, 0.15) is 43.6 Å². The quantitative estimate of drug-likeness (QED) is 0.761. The number of hydrogen-bond donors (Lipinski definition) is 2. The molecule has 1 atom stereocenters. The number of urea groups is 1. The molecular formula is C17H24N2O6S. The average Bonchev–Trinajstić information content (AvgIpc) is 2.43. The van der Waals surface area contributed by atoms with E-state index >= 15 is 0 Å². The van der Waals surface area contributed by atoms with Gasteiger partial charge in [-0.3, -0.25) is 10.1 Å². The molecule has 0 fully saturated rings. The fourth-order valence-electron chi connectivity index (χ4n) is 1.91. The molecule has 0 bridgehead atoms. The van der Waals surface area contributed by atoms with Crippen LogP contribution in [0.2, 0.25) is 0 Å². The van der Waals surface area contributed by atoms with E-state index in [-0.39, 0.29) is 10.5 Å². The zero-order valence-electron chi connectivity index (χ0n) is 15.7. The van der Waals surface area contributed by atoms with E-state index in [1.54, 1.807) is 27.7 Å². The van der Waals surface area contributed by atoms with Crippen molar-refractivity contribution in [2.75, 3.05) is 6.26 Å². The highest BCUT2D eigenvalue weighted by atomic mass is 32.2. The highest BCUT2D eigenvalue weighted by Gasteiger charge is 2.24. The predicted molar refractivity (Wildman–Crippen MR) is 95.6 cm³/mol. The largest absolute Gasteiger partial charge is 0.449 e. The van der Waals surface area contributed by atoms with Crippen LogP contribution in [0.5, 0.6) is 0 Å². The van der Waals surface area contributed by atoms with Crippen LogP contribution in [-0.2, 0) is 19.4 Å². The molecule has 0 aliphatic rings. The number of amides is 3. The monoisotopic (exact) mass is 384 g/mol. The van der Waals surface area contributed by atoms with Crippen LogP contribution < -0.4 is 10.6 Å². The molecule has 0 saturated carbocycles. The number of carbonyl (C=O) groups is 3. The second kappa shape index (κ2) is 7.86. The van der Waals surface area contributed by atoms with Crippen LogP contribution in [0.25, 0.3) is 0 Å². The van der Waals surface area contributed by atoms with Crippen molar-refractivity contribution < 1.29 is 27.5 Å². The zero-order valence-corrected chi connectivity index (χ0v) is 16.5. The molecule has 1 unspecified atom stereocenters. The summed E-state index contributed by atoms with van der Waals surface area (Å²) >= 11 is 0. The van der Waals surface area contributed by atoms with Gasteiger partial charge in [0.2, 0.25) is 0 Å². The lowest BCUT2D eigenvalue weighted by Crippen LogP contribution is -2.50. The van der Waals surface area contributed by atoms with Gasteiger partial charge in [0.1, 0.15) is 0 Å². The molecule has 0 aliphatic heterocycles. The second-order valence-electron chi connectivity index (χ2n) is 6.99. The minimum atomic E-state index is -3.49. The van der Waals surface area contributed by atoms with E-state index in [9.17, 15) is 22.8 Å². The number of rotatable bonds is 4. The van der Waals surface area contributed by atoms with Crippen LogP contribution in [0.4, 0.5) is 4.79 Å². The van der Waals surface area contributed by atoms with E-state index in [1.165, 1.54) is 25.1 Å². The fourth-order valence-corrected chi connectivity index (χ4v) is 2.56. The van der Waals surface area contributed by atoms with Crippen molar-refractivity contribution in [3.8, 4) is 0 Å². The predicted octanol–water partition coefficient (Wildman–Crippen LogP) is 1.57. The maximum atomic E-state index is 12.3. The molecule has 2 N–H and O–H groups in total. The van der Waals surface area contributed by atoms with Crippen LogP contribution in [-0.4, -0.2) is 44.2 Å². The van der Waals surface area contributed by atoms with Gasteiger partial charge in [-0.05, 0) is 52.3 Å². The third-order valence-corrected chi connectivity index (χ3v) is 4.35. The summed E-state index contributed by atoms with van der Waals surface area (Å²) in [6.07, 6.45) is -0.217. The lowest BCUT2D eigenvalue weighted by molar-refractivity contribution is -0.127. The second-order valence-corrected chi connectivity index (χ2v) is 9.01. The SMILES string of the molecule is Cc1ccc(S(C)(=O)=O)cc1C(=O)OC(C)C(=O)NC(=O)NC(C)(C)C. The Morgan fingerprint density at radius 1 is 1.15 bits per heavy atom. The number of benzene rings is 1. The minimum absolute atomic E-state index is 0.0308. The van der Waals surface area contributed by atoms with E-state index in [0.717, 1.165) is 6.26 Å². The minimum Gasteiger partial charge on any atom is -0.449 e. The van der Waals surface area contributed by atoms with Gasteiger partial charge in [0.15, 0.2) is 15.9 Å². The summed E-state index contributed by atoms with van der Waals surface area (Å²) in [4.78, 5) is 35.9. The zero-order chi connectivity index (χ0) is 20.3. The molecule has 0 aliphatic carbocycles. The lowest BCUT2D eigenvalue weighted by atomic mass is 10.1. The van der Waals surface area contributed by atoms with Crippen molar-refractivity contribution in [1.29, 1.82) is 0 Å². The normalized spacial score (nSPS) is 12.8. The van der Waals surface area contributed by atoms with Crippen molar-refractivity contribution in [3.05, 3.63) is 29.3 Å². The Morgan fingerprint density at radius 2 is 1.73 bits per heavy atom. The number of carbonyl (C=O) groups excluding carboxylic acids is 3. The number of aryl methyl sites for hydroxylation is 1. The smallest absolute Gasteiger partial charge is 0.339 e. The highest BCUT2D eigenvalue weighted by Crippen LogP contribution is 2.17. The van der Waals surface area contributed by atoms with Gasteiger partial charge >= 0.3 is 12.0 Å². The van der Waals surface area contributed by atoms with Gasteiger partial charge in [0.05, 0.1) is 10.5 Å². The van der Waals surface area contributed by atoms with Gasteiger partial charge in [0, 0.05) is 11.8 Å². The molecule has 0 aromatic heterocycles. The summed E-state index contributed by atoms with van der Waals surface area (Å²) in [6, 6.07) is 3.35. The van der Waals surface area contributed by atoms with Gasteiger partial charge in [-0.25, -0.2) is 18.0 Å². The van der Waals surface area contributed by atoms with Gasteiger partial charge in [-0.1, -0.05) is 6.07 Å². The van der Waals surface area contributed by atoms with Crippen molar-refractivity contribution in [3.63, 3.8) is 0 Å². The molecule has 1 aromatic rings. The third-order valence-electron chi connectivity index (χ3n) is 3.24. The van der Waals surface area contributed by atoms with Crippen molar-refractivity contribution in [2.24, 2.45) is 0 Å². The first kappa shape index (κ1) is 21.6. The summed E-state index contributed by atoms with van der Waals surface area (Å²) in [6.45, 7) is 8.17. The maximum Gasteiger partial charge on any atom is 0.339 e. The highest BCUT2D eigenvalue weighted by molar-refractivity contribution is 7.90. The molecule has 9 heteroatoms. The average molecular weight is 384 g/mol. The van der Waals surface area contributed by atoms with Gasteiger partial charge in [-0.2, -0.15) is 0 Å². The molecule has 0 saturated heterocycles. The molecule has 1 aromatic carbocycles. The number of sulfone groups is 1. The van der Waals surface area contributed by atoms with Crippen LogP contribution in [0.15, 0.2) is 23.1 Å². The molecule has 1 rings (SSSR count). The third kappa shape index (κ3) is 6.47. The maximum absolute atomic E-state index is 12.3. The van der Waals surface area contributed by atoms with E-state index in [2.05, 4.69) is 10.6 Å². The van der Waals surface area contributed by atoms with Crippen molar-refractivity contribution in [1.82, 2.24) is 10.6 Å². The number of imide groups is 1. The molecule has 26 heavy (non-hydrogen) atoms. The van der Waals surface area contributed by atoms with Crippen LogP contribution >= 0.6 is 0 Å². The number of ether oxygens (including phenoxy) is 1. The molecule has 0 spiro atoms. The topological polar surface area (TPSA) is 119 Å². The number of esters is 1. The Hall–Kier alpha value is -2.42. The van der Waals surface area contributed by atoms with Gasteiger partial charge in [0.25, 0.3) is 5.91 Å². The summed E-state index contributed by atoms with van der Waals surface area (Å²) in [5, 5.41) is 4.63. The van der Waals surface area contributed by atoms with Crippen molar-refractivity contribution in [2.45, 2.75) is 51.2 Å². The summed E-state index contributed by atoms with van der Waals surface area (Å²) in [5.41, 5.74) is 0.000194. The Bertz CT molecular complexity index is 824. The Labute approximate surface area is 153 Å². The molecule has 3 amide bonds. The van der Waals surface area contributed by atoms with E-state index in [1.807, 2.05) is 0 Å². The standard InChI is InChI=1S/C17H24N2O6S/c1-10-7-8-12(26(6,23)24)9-13(10)15(21)25-11(2)14(20)18-16(22)19-17(3,4)5/h7-9,11H,1-6H3,(H2,18,19,20,22). The van der Waals surface area contributed by atoms with Crippen molar-refractivity contribution >= 4 is 27.7 Å². The van der Waals surface area contributed by atoms with Gasteiger partial charge < -0.3 is 10.1 Å². The van der Waals surface area contributed by atoms with Gasteiger partial charge in [-0.15, -0.1) is 0 Å². The van der Waals surface area contributed by atoms with E-state index in [0.29, 0.717) is 5.56 Å². The Morgan fingerprint density at radius 3 is 2.23 bits per heavy atom. The Balaban J connectivity index is 2.84. The first-order valence-electron chi connectivity index (χ1n) is 7.85. The molecule has 0 radical (unpaired) electrons. The van der Waals surface area contributed by atoms with Crippen LogP contribution in [0.3, 0.4) is 0 Å². The molecule has 144 valence electrons.